The smallest absolute Gasteiger partial charge is 0.234 e. The average Bonchev–Trinajstić information content (AvgIpc) is 3.22. The maximum absolute atomic E-state index is 12.4. The number of rotatable bonds is 7. The molecule has 156 valence electrons. The highest BCUT2D eigenvalue weighted by molar-refractivity contribution is 7.99. The zero-order valence-corrected chi connectivity index (χ0v) is 18.1. The van der Waals surface area contributed by atoms with Crippen LogP contribution in [0, 0.1) is 6.92 Å². The maximum Gasteiger partial charge on any atom is 0.234 e. The van der Waals surface area contributed by atoms with Gasteiger partial charge >= 0.3 is 0 Å². The molecular weight excluding hydrogens is 408 g/mol. The largest absolute Gasteiger partial charge is 0.497 e. The van der Waals surface area contributed by atoms with E-state index in [1.54, 1.807) is 7.11 Å². The molecule has 0 aliphatic carbocycles. The molecule has 0 spiro atoms. The summed E-state index contributed by atoms with van der Waals surface area (Å²) < 4.78 is 7.25. The van der Waals surface area contributed by atoms with Gasteiger partial charge in [-0.25, -0.2) is 0 Å². The van der Waals surface area contributed by atoms with Gasteiger partial charge in [0.25, 0.3) is 0 Å². The van der Waals surface area contributed by atoms with Gasteiger partial charge in [0.15, 0.2) is 11.0 Å². The van der Waals surface area contributed by atoms with E-state index < -0.39 is 0 Å². The summed E-state index contributed by atoms with van der Waals surface area (Å²) in [6.45, 7) is 2.04. The summed E-state index contributed by atoms with van der Waals surface area (Å²) in [6.07, 6.45) is 0. The van der Waals surface area contributed by atoms with Crippen LogP contribution in [0.1, 0.15) is 5.56 Å². The minimum Gasteiger partial charge on any atom is -0.497 e. The Bertz CT molecular complexity index is 1170. The molecule has 0 unspecified atom stereocenters. The van der Waals surface area contributed by atoms with Gasteiger partial charge < -0.3 is 10.1 Å². The van der Waals surface area contributed by atoms with E-state index in [1.807, 2.05) is 84.3 Å². The minimum absolute atomic E-state index is 0.0995. The lowest BCUT2D eigenvalue weighted by molar-refractivity contribution is -0.113. The van der Waals surface area contributed by atoms with Gasteiger partial charge in [-0.1, -0.05) is 53.7 Å². The molecule has 0 aliphatic rings. The predicted molar refractivity (Wildman–Crippen MR) is 124 cm³/mol. The van der Waals surface area contributed by atoms with E-state index in [1.165, 1.54) is 11.8 Å². The molecule has 0 bridgehead atoms. The summed E-state index contributed by atoms with van der Waals surface area (Å²) >= 11 is 1.34. The number of thioether (sulfide) groups is 1. The van der Waals surface area contributed by atoms with Gasteiger partial charge in [-0.3, -0.25) is 9.36 Å². The summed E-state index contributed by atoms with van der Waals surface area (Å²) in [5.41, 5.74) is 3.76. The number of hydrogen-bond acceptors (Lipinski definition) is 5. The highest BCUT2D eigenvalue weighted by Gasteiger charge is 2.17. The summed E-state index contributed by atoms with van der Waals surface area (Å²) in [6, 6.07) is 25.2. The Morgan fingerprint density at radius 2 is 1.77 bits per heavy atom. The molecule has 1 aromatic heterocycles. The zero-order chi connectivity index (χ0) is 21.6. The molecule has 0 aliphatic heterocycles. The second kappa shape index (κ2) is 9.49. The quantitative estimate of drug-likeness (QED) is 0.419. The summed E-state index contributed by atoms with van der Waals surface area (Å²) in [5.74, 6) is 1.61. The molecule has 0 saturated heterocycles. The molecule has 1 amide bonds. The number of hydrogen-bond donors (Lipinski definition) is 1. The van der Waals surface area contributed by atoms with E-state index in [2.05, 4.69) is 21.6 Å². The molecule has 4 aromatic rings. The average molecular weight is 431 g/mol. The molecule has 0 radical (unpaired) electrons. The molecule has 0 fully saturated rings. The van der Waals surface area contributed by atoms with E-state index in [-0.39, 0.29) is 11.7 Å². The maximum atomic E-state index is 12.4. The van der Waals surface area contributed by atoms with Crippen LogP contribution < -0.4 is 10.1 Å². The van der Waals surface area contributed by atoms with E-state index in [4.69, 9.17) is 4.74 Å². The lowest BCUT2D eigenvalue weighted by Gasteiger charge is -2.11. The number of aromatic nitrogens is 3. The third kappa shape index (κ3) is 4.95. The second-order valence-electron chi connectivity index (χ2n) is 6.91. The topological polar surface area (TPSA) is 69.0 Å². The van der Waals surface area contributed by atoms with Gasteiger partial charge in [-0.2, -0.15) is 0 Å². The Labute approximate surface area is 185 Å². The van der Waals surface area contributed by atoms with Crippen molar-refractivity contribution < 1.29 is 9.53 Å². The third-order valence-electron chi connectivity index (χ3n) is 4.63. The predicted octanol–water partition coefficient (Wildman–Crippen LogP) is 4.98. The zero-order valence-electron chi connectivity index (χ0n) is 17.3. The number of ether oxygens (including phenoxy) is 1. The van der Waals surface area contributed by atoms with Crippen LogP contribution in [0.25, 0.3) is 17.1 Å². The fraction of sp³-hybridized carbons (Fsp3) is 0.125. The van der Waals surface area contributed by atoms with E-state index in [0.717, 1.165) is 34.1 Å². The van der Waals surface area contributed by atoms with Crippen LogP contribution in [-0.2, 0) is 4.79 Å². The van der Waals surface area contributed by atoms with Crippen LogP contribution in [-0.4, -0.2) is 33.5 Å². The van der Waals surface area contributed by atoms with Crippen molar-refractivity contribution in [1.82, 2.24) is 14.8 Å². The lowest BCUT2D eigenvalue weighted by Crippen LogP contribution is -2.14. The number of nitrogens with one attached hydrogen (secondary N) is 1. The van der Waals surface area contributed by atoms with Crippen molar-refractivity contribution in [3.63, 3.8) is 0 Å². The number of carbonyl (C=O) groups is 1. The Kier molecular flexibility index (Phi) is 6.33. The first kappa shape index (κ1) is 20.7. The van der Waals surface area contributed by atoms with Crippen LogP contribution in [0.2, 0.25) is 0 Å². The number of para-hydroxylation sites is 1. The first-order valence-corrected chi connectivity index (χ1v) is 10.8. The molecule has 0 saturated carbocycles. The number of benzene rings is 3. The van der Waals surface area contributed by atoms with Crippen LogP contribution in [0.4, 0.5) is 5.69 Å². The fourth-order valence-corrected chi connectivity index (χ4v) is 3.90. The van der Waals surface area contributed by atoms with Crippen LogP contribution in [0.3, 0.4) is 0 Å². The monoisotopic (exact) mass is 430 g/mol. The van der Waals surface area contributed by atoms with Crippen LogP contribution in [0.5, 0.6) is 5.75 Å². The Balaban J connectivity index is 1.63. The van der Waals surface area contributed by atoms with Gasteiger partial charge in [-0.05, 0) is 49.4 Å². The van der Waals surface area contributed by atoms with Crippen molar-refractivity contribution >= 4 is 23.4 Å². The number of anilines is 1. The number of carbonyl (C=O) groups excluding carboxylic acids is 1. The number of nitrogens with zero attached hydrogens (tertiary/aromatic N) is 3. The number of methoxy groups -OCH3 is 1. The molecule has 4 rings (SSSR count). The van der Waals surface area contributed by atoms with E-state index >= 15 is 0 Å². The van der Waals surface area contributed by atoms with Gasteiger partial charge in [0.1, 0.15) is 5.75 Å². The number of amides is 1. The van der Waals surface area contributed by atoms with Crippen molar-refractivity contribution in [2.24, 2.45) is 0 Å². The first-order valence-electron chi connectivity index (χ1n) is 9.78. The summed E-state index contributed by atoms with van der Waals surface area (Å²) in [4.78, 5) is 12.4. The van der Waals surface area contributed by atoms with Gasteiger partial charge in [0, 0.05) is 16.9 Å². The van der Waals surface area contributed by atoms with Gasteiger partial charge in [-0.15, -0.1) is 10.2 Å². The van der Waals surface area contributed by atoms with Crippen LogP contribution in [0.15, 0.2) is 84.0 Å². The highest BCUT2D eigenvalue weighted by Crippen LogP contribution is 2.29. The Hall–Kier alpha value is -3.58. The second-order valence-corrected chi connectivity index (χ2v) is 7.85. The molecule has 1 N–H and O–H groups in total. The molecule has 0 atom stereocenters. The SMILES string of the molecule is COc1ccc(-n2c(SCC(=O)Nc3ccccc3)nnc2-c2cccc(C)c2)cc1. The van der Waals surface area contributed by atoms with Crippen LogP contribution >= 0.6 is 11.8 Å². The van der Waals surface area contributed by atoms with Crippen molar-refractivity contribution in [2.75, 3.05) is 18.2 Å². The van der Waals surface area contributed by atoms with Crippen molar-refractivity contribution in [3.05, 3.63) is 84.4 Å². The first-order chi connectivity index (χ1) is 15.1. The van der Waals surface area contributed by atoms with E-state index in [0.29, 0.717) is 5.16 Å². The molecule has 3 aromatic carbocycles. The molecule has 1 heterocycles. The standard InChI is InChI=1S/C24H22N4O2S/c1-17-7-6-8-18(15-17)23-26-27-24(28(23)20-11-13-21(30-2)14-12-20)31-16-22(29)25-19-9-4-3-5-10-19/h3-15H,16H2,1-2H3,(H,25,29). The molecule has 31 heavy (non-hydrogen) atoms. The summed E-state index contributed by atoms with van der Waals surface area (Å²) in [5, 5.41) is 12.4. The molecular formula is C24H22N4O2S. The van der Waals surface area contributed by atoms with Crippen molar-refractivity contribution in [1.29, 1.82) is 0 Å². The third-order valence-corrected chi connectivity index (χ3v) is 5.56. The fourth-order valence-electron chi connectivity index (χ4n) is 3.15. The number of aryl methyl sites for hydroxylation is 1. The molecule has 7 heteroatoms. The van der Waals surface area contributed by atoms with Crippen molar-refractivity contribution in [2.45, 2.75) is 12.1 Å². The van der Waals surface area contributed by atoms with E-state index in [9.17, 15) is 4.79 Å². The molecule has 6 nitrogen and oxygen atoms in total. The van der Waals surface area contributed by atoms with Gasteiger partial charge in [0.05, 0.1) is 12.9 Å². The Morgan fingerprint density at radius 3 is 2.48 bits per heavy atom. The minimum atomic E-state index is -0.0995. The lowest BCUT2D eigenvalue weighted by atomic mass is 10.1. The normalized spacial score (nSPS) is 10.6. The van der Waals surface area contributed by atoms with Crippen molar-refractivity contribution in [3.8, 4) is 22.8 Å². The summed E-state index contributed by atoms with van der Waals surface area (Å²) in [7, 11) is 1.64. The highest BCUT2D eigenvalue weighted by atomic mass is 32.2. The Morgan fingerprint density at radius 1 is 1.00 bits per heavy atom. The van der Waals surface area contributed by atoms with Gasteiger partial charge in [0.2, 0.25) is 5.91 Å².